The largest absolute Gasteiger partial charge is 0.418 e. The lowest BCUT2D eigenvalue weighted by molar-refractivity contribution is -0.136. The quantitative estimate of drug-likeness (QED) is 0.369. The van der Waals surface area contributed by atoms with E-state index in [-0.39, 0.29) is 5.52 Å². The van der Waals surface area contributed by atoms with E-state index < -0.39 is 11.7 Å². The molecule has 4 aromatic rings. The molecular formula is C21H13ClF3N3. The molecule has 3 nitrogen and oxygen atoms in total. The normalized spacial score (nSPS) is 11.8. The van der Waals surface area contributed by atoms with Gasteiger partial charge < -0.3 is 0 Å². The summed E-state index contributed by atoms with van der Waals surface area (Å²) in [5.41, 5.74) is 2.88. The number of hydrogen-bond donors (Lipinski definition) is 0. The number of hydrogen-bond acceptors (Lipinski definition) is 3. The van der Waals surface area contributed by atoms with E-state index in [0.717, 1.165) is 22.8 Å². The molecule has 0 unspecified atom stereocenters. The molecule has 0 saturated heterocycles. The Morgan fingerprint density at radius 3 is 2.39 bits per heavy atom. The van der Waals surface area contributed by atoms with Gasteiger partial charge in [-0.1, -0.05) is 41.9 Å². The van der Waals surface area contributed by atoms with Crippen LogP contribution in [0.15, 0.2) is 61.1 Å². The van der Waals surface area contributed by atoms with Crippen molar-refractivity contribution in [2.75, 3.05) is 0 Å². The summed E-state index contributed by atoms with van der Waals surface area (Å²) in [7, 11) is 0. The zero-order valence-electron chi connectivity index (χ0n) is 14.6. The minimum Gasteiger partial charge on any atom is -0.255 e. The summed E-state index contributed by atoms with van der Waals surface area (Å²) in [5.74, 6) is 0. The molecule has 0 N–H and O–H groups in total. The number of fused-ring (bicyclic) bond motifs is 1. The van der Waals surface area contributed by atoms with E-state index in [0.29, 0.717) is 21.8 Å². The first-order valence-electron chi connectivity index (χ1n) is 8.38. The van der Waals surface area contributed by atoms with E-state index in [4.69, 9.17) is 11.6 Å². The fourth-order valence-corrected chi connectivity index (χ4v) is 3.41. The monoisotopic (exact) mass is 399 g/mol. The second-order valence-corrected chi connectivity index (χ2v) is 6.71. The van der Waals surface area contributed by atoms with Crippen LogP contribution in [0.5, 0.6) is 0 Å². The number of pyridine rings is 1. The fourth-order valence-electron chi connectivity index (χ4n) is 3.26. The minimum absolute atomic E-state index is 0.0638. The number of aryl methyl sites for hydroxylation is 1. The lowest BCUT2D eigenvalue weighted by Crippen LogP contribution is -2.07. The maximum Gasteiger partial charge on any atom is 0.418 e. The fraction of sp³-hybridized carbons (Fsp3) is 0.0952. The Bertz CT molecular complexity index is 1190. The predicted octanol–water partition coefficient (Wildman–Crippen LogP) is 6.34. The molecule has 0 spiro atoms. The molecule has 0 bridgehead atoms. The number of aromatic nitrogens is 3. The van der Waals surface area contributed by atoms with Gasteiger partial charge in [0.2, 0.25) is 0 Å². The number of halogens is 4. The van der Waals surface area contributed by atoms with Crippen molar-refractivity contribution in [1.82, 2.24) is 15.0 Å². The van der Waals surface area contributed by atoms with E-state index in [1.807, 2.05) is 31.2 Å². The summed E-state index contributed by atoms with van der Waals surface area (Å²) >= 11 is 5.95. The molecule has 140 valence electrons. The highest BCUT2D eigenvalue weighted by Crippen LogP contribution is 2.38. The van der Waals surface area contributed by atoms with Crippen LogP contribution in [0.25, 0.3) is 33.3 Å². The van der Waals surface area contributed by atoms with Gasteiger partial charge in [0.05, 0.1) is 16.8 Å². The first-order valence-corrected chi connectivity index (χ1v) is 8.76. The van der Waals surface area contributed by atoms with Gasteiger partial charge in [-0.25, -0.2) is 9.97 Å². The van der Waals surface area contributed by atoms with Crippen molar-refractivity contribution >= 4 is 22.5 Å². The maximum atomic E-state index is 13.4. The van der Waals surface area contributed by atoms with Crippen LogP contribution in [-0.2, 0) is 6.18 Å². The first kappa shape index (κ1) is 18.4. The van der Waals surface area contributed by atoms with E-state index in [9.17, 15) is 13.2 Å². The average molecular weight is 400 g/mol. The number of benzene rings is 2. The Kier molecular flexibility index (Phi) is 4.51. The summed E-state index contributed by atoms with van der Waals surface area (Å²) in [4.78, 5) is 12.2. The van der Waals surface area contributed by atoms with Gasteiger partial charge in [-0.3, -0.25) is 4.98 Å². The second-order valence-electron chi connectivity index (χ2n) is 6.32. The highest BCUT2D eigenvalue weighted by Gasteiger charge is 2.33. The number of para-hydroxylation sites is 1. The van der Waals surface area contributed by atoms with Crippen molar-refractivity contribution in [3.8, 4) is 22.4 Å². The minimum atomic E-state index is -4.47. The summed E-state index contributed by atoms with van der Waals surface area (Å²) in [6, 6.07) is 13.2. The van der Waals surface area contributed by atoms with Crippen LogP contribution in [0.1, 0.15) is 11.1 Å². The summed E-state index contributed by atoms with van der Waals surface area (Å²) in [6.07, 6.45) is -1.63. The van der Waals surface area contributed by atoms with Crippen LogP contribution in [0, 0.1) is 6.92 Å². The Hall–Kier alpha value is -2.99. The average Bonchev–Trinajstić information content (AvgIpc) is 2.66. The van der Waals surface area contributed by atoms with Crippen LogP contribution in [0.4, 0.5) is 13.2 Å². The SMILES string of the molecule is Cc1cnc2c(C(F)(F)F)cccc2c1-c1cccc(-c2cc(Cl)ncn2)c1. The Balaban J connectivity index is 1.95. The smallest absolute Gasteiger partial charge is 0.255 e. The summed E-state index contributed by atoms with van der Waals surface area (Å²) in [5, 5.41) is 0.767. The van der Waals surface area contributed by atoms with Crippen LogP contribution in [0.3, 0.4) is 0 Å². The number of rotatable bonds is 2. The van der Waals surface area contributed by atoms with Gasteiger partial charge in [-0.15, -0.1) is 0 Å². The van der Waals surface area contributed by atoms with E-state index in [2.05, 4.69) is 15.0 Å². The molecule has 2 aromatic heterocycles. The molecule has 0 aliphatic carbocycles. The molecule has 2 heterocycles. The third-order valence-corrected chi connectivity index (χ3v) is 4.68. The molecule has 0 fully saturated rings. The van der Waals surface area contributed by atoms with E-state index >= 15 is 0 Å². The molecule has 7 heteroatoms. The standard InChI is InChI=1S/C21H13ClF3N3/c1-12-10-26-20-15(6-3-7-16(20)21(23,24)25)19(12)14-5-2-4-13(8-14)17-9-18(22)28-11-27-17/h2-11H,1H3. The maximum absolute atomic E-state index is 13.4. The van der Waals surface area contributed by atoms with Crippen LogP contribution >= 0.6 is 11.6 Å². The van der Waals surface area contributed by atoms with Crippen molar-refractivity contribution in [3.63, 3.8) is 0 Å². The van der Waals surface area contributed by atoms with Gasteiger partial charge in [0.1, 0.15) is 11.5 Å². The van der Waals surface area contributed by atoms with Gasteiger partial charge in [0.25, 0.3) is 0 Å². The van der Waals surface area contributed by atoms with E-state index in [1.165, 1.54) is 18.6 Å². The van der Waals surface area contributed by atoms with Crippen LogP contribution in [-0.4, -0.2) is 15.0 Å². The highest BCUT2D eigenvalue weighted by molar-refractivity contribution is 6.29. The highest BCUT2D eigenvalue weighted by atomic mass is 35.5. The van der Waals surface area contributed by atoms with Gasteiger partial charge in [-0.2, -0.15) is 13.2 Å². The second kappa shape index (κ2) is 6.87. The number of alkyl halides is 3. The molecule has 0 atom stereocenters. The molecule has 0 aliphatic heterocycles. The van der Waals surface area contributed by atoms with Crippen molar-refractivity contribution in [1.29, 1.82) is 0 Å². The van der Waals surface area contributed by atoms with Crippen LogP contribution in [0.2, 0.25) is 5.15 Å². The Labute approximate surface area is 163 Å². The van der Waals surface area contributed by atoms with E-state index in [1.54, 1.807) is 12.1 Å². The first-order chi connectivity index (χ1) is 13.3. The molecule has 28 heavy (non-hydrogen) atoms. The molecule has 2 aromatic carbocycles. The van der Waals surface area contributed by atoms with Gasteiger partial charge in [-0.05, 0) is 35.7 Å². The lowest BCUT2D eigenvalue weighted by atomic mass is 9.94. The Morgan fingerprint density at radius 2 is 1.64 bits per heavy atom. The number of nitrogens with zero attached hydrogens (tertiary/aromatic N) is 3. The van der Waals surface area contributed by atoms with Gasteiger partial charge in [0, 0.05) is 23.2 Å². The molecular weight excluding hydrogens is 387 g/mol. The molecule has 0 saturated carbocycles. The molecule has 0 aliphatic rings. The van der Waals surface area contributed by atoms with Gasteiger partial charge >= 0.3 is 6.18 Å². The summed E-state index contributed by atoms with van der Waals surface area (Å²) in [6.45, 7) is 1.83. The van der Waals surface area contributed by atoms with Crippen LogP contribution < -0.4 is 0 Å². The van der Waals surface area contributed by atoms with Crippen molar-refractivity contribution < 1.29 is 13.2 Å². The molecule has 0 amide bonds. The predicted molar refractivity (Wildman–Crippen MR) is 103 cm³/mol. The third kappa shape index (κ3) is 3.31. The lowest BCUT2D eigenvalue weighted by Gasteiger charge is -2.15. The molecule has 0 radical (unpaired) electrons. The van der Waals surface area contributed by atoms with Crippen molar-refractivity contribution in [3.05, 3.63) is 77.3 Å². The molecule has 4 rings (SSSR count). The van der Waals surface area contributed by atoms with Crippen molar-refractivity contribution in [2.45, 2.75) is 13.1 Å². The summed E-state index contributed by atoms with van der Waals surface area (Å²) < 4.78 is 40.2. The zero-order chi connectivity index (χ0) is 19.9. The zero-order valence-corrected chi connectivity index (χ0v) is 15.4. The van der Waals surface area contributed by atoms with Crippen molar-refractivity contribution in [2.24, 2.45) is 0 Å². The van der Waals surface area contributed by atoms with Gasteiger partial charge in [0.15, 0.2) is 0 Å². The Morgan fingerprint density at radius 1 is 0.893 bits per heavy atom. The third-order valence-electron chi connectivity index (χ3n) is 4.47. The topological polar surface area (TPSA) is 38.7 Å².